The van der Waals surface area contributed by atoms with Crippen LogP contribution in [0.25, 0.3) is 10.9 Å². The van der Waals surface area contributed by atoms with Gasteiger partial charge in [0.2, 0.25) is 11.8 Å². The monoisotopic (exact) mass is 616 g/mol. The highest BCUT2D eigenvalue weighted by molar-refractivity contribution is 6.32. The Morgan fingerprint density at radius 2 is 1.93 bits per heavy atom. The van der Waals surface area contributed by atoms with E-state index in [2.05, 4.69) is 32.4 Å². The van der Waals surface area contributed by atoms with Crippen LogP contribution in [0.3, 0.4) is 0 Å². The van der Waals surface area contributed by atoms with Crippen LogP contribution in [0.1, 0.15) is 74.2 Å². The number of carbonyl (C=O) groups excluding carboxylic acids is 3. The predicted molar refractivity (Wildman–Crippen MR) is 158 cm³/mol. The molecule has 5 rings (SSSR count). The van der Waals surface area contributed by atoms with Gasteiger partial charge in [-0.15, -0.1) is 0 Å². The fourth-order valence-electron chi connectivity index (χ4n) is 5.68. The molecule has 230 valence electrons. The van der Waals surface area contributed by atoms with Gasteiger partial charge in [0.25, 0.3) is 12.3 Å². The van der Waals surface area contributed by atoms with E-state index in [1.165, 1.54) is 22.5 Å². The van der Waals surface area contributed by atoms with Gasteiger partial charge in [0, 0.05) is 43.5 Å². The quantitative estimate of drug-likeness (QED) is 0.326. The summed E-state index contributed by atoms with van der Waals surface area (Å²) in [6, 6.07) is 2.90. The first-order valence-electron chi connectivity index (χ1n) is 14.1. The van der Waals surface area contributed by atoms with E-state index >= 15 is 0 Å². The number of nitrogens with zero attached hydrogens (tertiary/aromatic N) is 5. The van der Waals surface area contributed by atoms with Gasteiger partial charge >= 0.3 is 0 Å². The lowest BCUT2D eigenvalue weighted by Crippen LogP contribution is -2.60. The summed E-state index contributed by atoms with van der Waals surface area (Å²) in [5.41, 5.74) is 0.513. The van der Waals surface area contributed by atoms with Crippen LogP contribution in [-0.4, -0.2) is 79.5 Å². The molecule has 2 aromatic heterocycles. The van der Waals surface area contributed by atoms with Gasteiger partial charge in [-0.2, -0.15) is 5.10 Å². The van der Waals surface area contributed by atoms with Crippen molar-refractivity contribution in [2.24, 2.45) is 0 Å². The SMILES string of the molecule is C=CC(=O)N1CC(NC(=O)c2c(C(F)F)nc(CNc3n[nH]c4cc(Cl)c(C(C)(C)C)cc34)n2C2CCN(C(C)=O)C2)C1. The van der Waals surface area contributed by atoms with Crippen molar-refractivity contribution in [3.8, 4) is 0 Å². The average Bonchev–Trinajstić information content (AvgIpc) is 3.64. The first kappa shape index (κ1) is 30.5. The largest absolute Gasteiger partial charge is 0.361 e. The number of anilines is 1. The second-order valence-corrected chi connectivity index (χ2v) is 12.4. The number of hydrogen-bond acceptors (Lipinski definition) is 6. The van der Waals surface area contributed by atoms with E-state index < -0.39 is 30.1 Å². The van der Waals surface area contributed by atoms with Crippen LogP contribution in [0.4, 0.5) is 14.6 Å². The average molecular weight is 617 g/mol. The van der Waals surface area contributed by atoms with E-state index in [0.29, 0.717) is 29.3 Å². The molecule has 0 aliphatic carbocycles. The Morgan fingerprint density at radius 3 is 2.53 bits per heavy atom. The zero-order valence-corrected chi connectivity index (χ0v) is 25.3. The van der Waals surface area contributed by atoms with Gasteiger partial charge in [-0.3, -0.25) is 19.5 Å². The van der Waals surface area contributed by atoms with Crippen molar-refractivity contribution < 1.29 is 23.2 Å². The molecular formula is C29H35ClF2N8O3. The number of likely N-dealkylation sites (tertiary alicyclic amines) is 2. The van der Waals surface area contributed by atoms with Crippen LogP contribution in [0.5, 0.6) is 0 Å². The Hall–Kier alpha value is -4.00. The Bertz CT molecular complexity index is 1590. The van der Waals surface area contributed by atoms with Gasteiger partial charge in [0.05, 0.1) is 24.1 Å². The normalized spacial score (nSPS) is 17.4. The van der Waals surface area contributed by atoms with Gasteiger partial charge in [0.1, 0.15) is 17.2 Å². The molecule has 0 saturated carbocycles. The van der Waals surface area contributed by atoms with E-state index in [4.69, 9.17) is 11.6 Å². The third kappa shape index (κ3) is 5.95. The smallest absolute Gasteiger partial charge is 0.282 e. The van der Waals surface area contributed by atoms with Crippen LogP contribution in [0.15, 0.2) is 24.8 Å². The summed E-state index contributed by atoms with van der Waals surface area (Å²) in [7, 11) is 0. The van der Waals surface area contributed by atoms with Crippen LogP contribution in [0, 0.1) is 0 Å². The maximum Gasteiger partial charge on any atom is 0.282 e. The minimum Gasteiger partial charge on any atom is -0.361 e. The Labute approximate surface area is 252 Å². The topological polar surface area (TPSA) is 128 Å². The Morgan fingerprint density at radius 1 is 1.21 bits per heavy atom. The molecule has 43 heavy (non-hydrogen) atoms. The maximum atomic E-state index is 14.4. The number of nitrogens with one attached hydrogen (secondary N) is 3. The number of amides is 3. The number of aromatic nitrogens is 4. The minimum absolute atomic E-state index is 0.0119. The van der Waals surface area contributed by atoms with E-state index in [1.54, 1.807) is 11.0 Å². The van der Waals surface area contributed by atoms with Crippen molar-refractivity contribution in [3.05, 3.63) is 52.6 Å². The molecule has 0 radical (unpaired) electrons. The molecule has 2 aliphatic heterocycles. The fraction of sp³-hybridized carbons (Fsp3) is 0.483. The van der Waals surface area contributed by atoms with E-state index in [9.17, 15) is 23.2 Å². The second-order valence-electron chi connectivity index (χ2n) is 12.0. The molecular weight excluding hydrogens is 582 g/mol. The third-order valence-corrected chi connectivity index (χ3v) is 8.29. The number of rotatable bonds is 8. The predicted octanol–water partition coefficient (Wildman–Crippen LogP) is 4.18. The van der Waals surface area contributed by atoms with E-state index in [-0.39, 0.29) is 54.9 Å². The molecule has 3 N–H and O–H groups in total. The van der Waals surface area contributed by atoms with Gasteiger partial charge in [-0.25, -0.2) is 13.8 Å². The van der Waals surface area contributed by atoms with Gasteiger partial charge in [0.15, 0.2) is 5.82 Å². The molecule has 14 heteroatoms. The Balaban J connectivity index is 1.48. The Kier molecular flexibility index (Phi) is 8.21. The van der Waals surface area contributed by atoms with Crippen molar-refractivity contribution in [2.75, 3.05) is 31.5 Å². The van der Waals surface area contributed by atoms with Crippen LogP contribution >= 0.6 is 11.6 Å². The molecule has 1 aromatic carbocycles. The molecule has 1 unspecified atom stereocenters. The zero-order chi connectivity index (χ0) is 31.2. The highest BCUT2D eigenvalue weighted by atomic mass is 35.5. The standard InChI is InChI=1S/C29H35ClF2N8O3/c1-6-23(42)39-12-16(13-39)34-28(43)25-24(26(31)32)35-22(40(25)17-7-8-38(14-17)15(2)41)11-33-27-18-9-19(29(3,4)5)20(30)10-21(18)36-37-27/h6,9-10,16-17,26H,1,7-8,11-14H2,2-5H3,(H,34,43)(H2,33,36,37). The highest BCUT2D eigenvalue weighted by Crippen LogP contribution is 2.36. The molecule has 3 amide bonds. The molecule has 2 saturated heterocycles. The summed E-state index contributed by atoms with van der Waals surface area (Å²) in [5.74, 6) is -0.417. The molecule has 2 fully saturated rings. The highest BCUT2D eigenvalue weighted by Gasteiger charge is 2.37. The lowest BCUT2D eigenvalue weighted by atomic mass is 9.86. The number of alkyl halides is 2. The lowest BCUT2D eigenvalue weighted by Gasteiger charge is -2.39. The summed E-state index contributed by atoms with van der Waals surface area (Å²) in [4.78, 5) is 44.8. The summed E-state index contributed by atoms with van der Waals surface area (Å²) in [6.07, 6.45) is -1.37. The van der Waals surface area contributed by atoms with Crippen molar-refractivity contribution in [1.29, 1.82) is 0 Å². The molecule has 4 heterocycles. The number of benzene rings is 1. The molecule has 3 aromatic rings. The van der Waals surface area contributed by atoms with Crippen molar-refractivity contribution in [2.45, 2.75) is 64.6 Å². The maximum absolute atomic E-state index is 14.4. The van der Waals surface area contributed by atoms with Crippen molar-refractivity contribution >= 4 is 46.0 Å². The van der Waals surface area contributed by atoms with Gasteiger partial charge < -0.3 is 25.0 Å². The van der Waals surface area contributed by atoms with Crippen molar-refractivity contribution in [3.63, 3.8) is 0 Å². The van der Waals surface area contributed by atoms with Crippen molar-refractivity contribution in [1.82, 2.24) is 34.9 Å². The first-order chi connectivity index (χ1) is 20.3. The number of halogens is 3. The zero-order valence-electron chi connectivity index (χ0n) is 24.5. The summed E-state index contributed by atoms with van der Waals surface area (Å²) >= 11 is 6.52. The van der Waals surface area contributed by atoms with E-state index in [1.807, 2.05) is 26.8 Å². The van der Waals surface area contributed by atoms with Crippen LogP contribution < -0.4 is 10.6 Å². The van der Waals surface area contributed by atoms with Crippen LogP contribution in [-0.2, 0) is 21.5 Å². The van der Waals surface area contributed by atoms with Gasteiger partial charge in [-0.05, 0) is 35.6 Å². The van der Waals surface area contributed by atoms with Gasteiger partial charge in [-0.1, -0.05) is 39.0 Å². The number of hydrogen-bond donors (Lipinski definition) is 3. The summed E-state index contributed by atoms with van der Waals surface area (Å²) in [6.45, 7) is 12.2. The fourth-order valence-corrected chi connectivity index (χ4v) is 6.12. The number of aromatic amines is 1. The molecule has 1 atom stereocenters. The molecule has 0 spiro atoms. The summed E-state index contributed by atoms with van der Waals surface area (Å²) < 4.78 is 30.3. The number of H-pyrrole nitrogens is 1. The first-order valence-corrected chi connectivity index (χ1v) is 14.4. The molecule has 11 nitrogen and oxygen atoms in total. The second kappa shape index (κ2) is 11.6. The van der Waals surface area contributed by atoms with E-state index in [0.717, 1.165) is 10.9 Å². The molecule has 2 aliphatic rings. The number of carbonyl (C=O) groups is 3. The minimum atomic E-state index is -3.02. The molecule has 0 bridgehead atoms. The summed E-state index contributed by atoms with van der Waals surface area (Å²) in [5, 5.41) is 14.7. The van der Waals surface area contributed by atoms with Crippen LogP contribution in [0.2, 0.25) is 5.02 Å². The lowest BCUT2D eigenvalue weighted by molar-refractivity contribution is -0.130. The third-order valence-electron chi connectivity index (χ3n) is 7.98. The number of imidazole rings is 1. The number of fused-ring (bicyclic) bond motifs is 1.